The number of anilines is 2. The maximum atomic E-state index is 12.3. The van der Waals surface area contributed by atoms with Crippen LogP contribution >= 0.6 is 12.2 Å². The number of hydrogen-bond acceptors (Lipinski definition) is 7. The van der Waals surface area contributed by atoms with E-state index in [-0.39, 0.29) is 16.6 Å². The minimum absolute atomic E-state index is 0.105. The Bertz CT molecular complexity index is 976. The van der Waals surface area contributed by atoms with Crippen LogP contribution in [-0.2, 0) is 4.79 Å². The fourth-order valence-corrected chi connectivity index (χ4v) is 2.57. The summed E-state index contributed by atoms with van der Waals surface area (Å²) in [6.45, 7) is 1.90. The minimum Gasteiger partial charge on any atom is -0.332 e. The van der Waals surface area contributed by atoms with E-state index in [1.54, 1.807) is 24.3 Å². The predicted molar refractivity (Wildman–Crippen MR) is 113 cm³/mol. The molecule has 2 amide bonds. The summed E-state index contributed by atoms with van der Waals surface area (Å²) >= 11 is 5.04. The van der Waals surface area contributed by atoms with Crippen LogP contribution in [0.3, 0.4) is 0 Å². The van der Waals surface area contributed by atoms with Crippen molar-refractivity contribution in [1.82, 2.24) is 5.32 Å². The number of nitro benzene ring substituents is 2. The van der Waals surface area contributed by atoms with E-state index in [4.69, 9.17) is 12.2 Å². The first kappa shape index (κ1) is 22.4. The van der Waals surface area contributed by atoms with Crippen molar-refractivity contribution in [3.8, 4) is 0 Å². The van der Waals surface area contributed by atoms with Crippen LogP contribution in [0.2, 0.25) is 0 Å². The molecule has 156 valence electrons. The van der Waals surface area contributed by atoms with Crippen LogP contribution < -0.4 is 16.0 Å². The molecule has 0 unspecified atom stereocenters. The number of non-ortho nitro benzene ring substituents is 2. The van der Waals surface area contributed by atoms with Gasteiger partial charge < -0.3 is 10.6 Å². The van der Waals surface area contributed by atoms with Gasteiger partial charge in [-0.15, -0.1) is 0 Å². The van der Waals surface area contributed by atoms with E-state index >= 15 is 0 Å². The quantitative estimate of drug-likeness (QED) is 0.342. The van der Waals surface area contributed by atoms with Gasteiger partial charge in [-0.2, -0.15) is 0 Å². The molecule has 11 nitrogen and oxygen atoms in total. The number of nitrogens with one attached hydrogen (secondary N) is 3. The third kappa shape index (κ3) is 6.31. The molecule has 0 bridgehead atoms. The number of carbonyl (C=O) groups excluding carboxylic acids is 2. The molecule has 0 spiro atoms. The normalized spacial score (nSPS) is 10.0. The van der Waals surface area contributed by atoms with Gasteiger partial charge in [0.2, 0.25) is 5.91 Å². The second kappa shape index (κ2) is 10.0. The first-order valence-electron chi connectivity index (χ1n) is 8.65. The van der Waals surface area contributed by atoms with Crippen molar-refractivity contribution in [3.63, 3.8) is 0 Å². The molecule has 3 N–H and O–H groups in total. The molecular formula is C18H17N5O6S. The van der Waals surface area contributed by atoms with Crippen LogP contribution in [0.5, 0.6) is 0 Å². The second-order valence-electron chi connectivity index (χ2n) is 6.04. The van der Waals surface area contributed by atoms with Crippen molar-refractivity contribution in [1.29, 1.82) is 0 Å². The van der Waals surface area contributed by atoms with Gasteiger partial charge in [0.05, 0.1) is 21.5 Å². The third-order valence-corrected chi connectivity index (χ3v) is 3.92. The lowest BCUT2D eigenvalue weighted by Crippen LogP contribution is -2.34. The van der Waals surface area contributed by atoms with Crippen molar-refractivity contribution >= 4 is 51.9 Å². The number of rotatable bonds is 7. The highest BCUT2D eigenvalue weighted by Gasteiger charge is 2.20. The lowest BCUT2D eigenvalue weighted by molar-refractivity contribution is -0.394. The Morgan fingerprint density at radius 3 is 1.90 bits per heavy atom. The molecule has 0 aliphatic heterocycles. The molecule has 0 fully saturated rings. The summed E-state index contributed by atoms with van der Waals surface area (Å²) in [4.78, 5) is 44.1. The number of benzene rings is 2. The summed E-state index contributed by atoms with van der Waals surface area (Å²) in [6, 6.07) is 9.12. The van der Waals surface area contributed by atoms with Crippen molar-refractivity contribution in [2.24, 2.45) is 0 Å². The molecule has 0 aromatic heterocycles. The standard InChI is InChI=1S/C18H17N5O6S/c1-2-3-16(24)19-12-4-6-13(7-5-12)20-18(30)21-17(25)11-8-14(22(26)27)10-15(9-11)23(28)29/h4-10H,2-3H2,1H3,(H,19,24)(H2,20,21,25,30). The summed E-state index contributed by atoms with van der Waals surface area (Å²) in [5, 5.41) is 29.5. The van der Waals surface area contributed by atoms with Gasteiger partial charge in [0.25, 0.3) is 17.3 Å². The van der Waals surface area contributed by atoms with Crippen LogP contribution in [0.25, 0.3) is 0 Å². The first-order chi connectivity index (χ1) is 14.2. The molecule has 2 aromatic rings. The zero-order valence-electron chi connectivity index (χ0n) is 15.7. The monoisotopic (exact) mass is 431 g/mol. The average molecular weight is 431 g/mol. The van der Waals surface area contributed by atoms with Gasteiger partial charge in [-0.05, 0) is 42.9 Å². The third-order valence-electron chi connectivity index (χ3n) is 3.72. The van der Waals surface area contributed by atoms with E-state index in [2.05, 4.69) is 16.0 Å². The predicted octanol–water partition coefficient (Wildman–Crippen LogP) is 3.37. The van der Waals surface area contributed by atoms with Crippen molar-refractivity contribution in [3.05, 3.63) is 68.3 Å². The highest BCUT2D eigenvalue weighted by atomic mass is 32.1. The van der Waals surface area contributed by atoms with Gasteiger partial charge in [-0.25, -0.2) is 0 Å². The fraction of sp³-hybridized carbons (Fsp3) is 0.167. The van der Waals surface area contributed by atoms with Gasteiger partial charge in [0.1, 0.15) is 0 Å². The number of carbonyl (C=O) groups is 2. The van der Waals surface area contributed by atoms with Gasteiger partial charge in [-0.1, -0.05) is 6.92 Å². The van der Waals surface area contributed by atoms with E-state index < -0.39 is 27.1 Å². The lowest BCUT2D eigenvalue weighted by Gasteiger charge is -2.11. The van der Waals surface area contributed by atoms with Crippen molar-refractivity contribution < 1.29 is 19.4 Å². The van der Waals surface area contributed by atoms with Crippen LogP contribution in [-0.4, -0.2) is 26.8 Å². The molecule has 0 atom stereocenters. The van der Waals surface area contributed by atoms with Crippen molar-refractivity contribution in [2.75, 3.05) is 10.6 Å². The summed E-state index contributed by atoms with van der Waals surface area (Å²) < 4.78 is 0. The van der Waals surface area contributed by atoms with Gasteiger partial charge in [0, 0.05) is 29.9 Å². The smallest absolute Gasteiger partial charge is 0.277 e. The van der Waals surface area contributed by atoms with Crippen LogP contribution in [0, 0.1) is 20.2 Å². The number of thiocarbonyl (C=S) groups is 1. The van der Waals surface area contributed by atoms with Gasteiger partial charge in [-0.3, -0.25) is 35.1 Å². The summed E-state index contributed by atoms with van der Waals surface area (Å²) in [6.07, 6.45) is 1.14. The topological polar surface area (TPSA) is 157 Å². The molecule has 0 aliphatic rings. The minimum atomic E-state index is -0.845. The molecular weight excluding hydrogens is 414 g/mol. The zero-order valence-corrected chi connectivity index (χ0v) is 16.5. The largest absolute Gasteiger partial charge is 0.332 e. The maximum absolute atomic E-state index is 12.3. The molecule has 2 rings (SSSR count). The molecule has 0 aliphatic carbocycles. The SMILES string of the molecule is CCCC(=O)Nc1ccc(NC(=S)NC(=O)c2cc([N+](=O)[O-])cc([N+](=O)[O-])c2)cc1. The van der Waals surface area contributed by atoms with E-state index in [1.807, 2.05) is 6.92 Å². The highest BCUT2D eigenvalue weighted by Crippen LogP contribution is 2.22. The van der Waals surface area contributed by atoms with Crippen molar-refractivity contribution in [2.45, 2.75) is 19.8 Å². The molecule has 0 saturated heterocycles. The summed E-state index contributed by atoms with van der Waals surface area (Å²) in [5.41, 5.74) is -0.353. The molecule has 2 aromatic carbocycles. The Hall–Kier alpha value is -3.93. The van der Waals surface area contributed by atoms with E-state index in [0.717, 1.165) is 24.6 Å². The first-order valence-corrected chi connectivity index (χ1v) is 9.06. The summed E-state index contributed by atoms with van der Waals surface area (Å²) in [7, 11) is 0. The Morgan fingerprint density at radius 2 is 1.43 bits per heavy atom. The Kier molecular flexibility index (Phi) is 7.47. The number of nitro groups is 2. The zero-order chi connectivity index (χ0) is 22.3. The Morgan fingerprint density at radius 1 is 0.933 bits per heavy atom. The van der Waals surface area contributed by atoms with Crippen LogP contribution in [0.15, 0.2) is 42.5 Å². The number of hydrogen-bond donors (Lipinski definition) is 3. The fourth-order valence-electron chi connectivity index (χ4n) is 2.36. The molecule has 30 heavy (non-hydrogen) atoms. The highest BCUT2D eigenvalue weighted by molar-refractivity contribution is 7.80. The van der Waals surface area contributed by atoms with Gasteiger partial charge in [0.15, 0.2) is 5.11 Å². The molecule has 0 radical (unpaired) electrons. The van der Waals surface area contributed by atoms with Crippen LogP contribution in [0.4, 0.5) is 22.7 Å². The number of amides is 2. The Balaban J connectivity index is 2.04. The maximum Gasteiger partial charge on any atom is 0.277 e. The van der Waals surface area contributed by atoms with E-state index in [0.29, 0.717) is 17.8 Å². The Labute approximate surface area is 175 Å². The molecule has 0 heterocycles. The molecule has 12 heteroatoms. The average Bonchev–Trinajstić information content (AvgIpc) is 2.69. The number of nitrogens with zero attached hydrogens (tertiary/aromatic N) is 2. The van der Waals surface area contributed by atoms with E-state index in [9.17, 15) is 29.8 Å². The van der Waals surface area contributed by atoms with Crippen LogP contribution in [0.1, 0.15) is 30.1 Å². The van der Waals surface area contributed by atoms with E-state index in [1.165, 1.54) is 0 Å². The second-order valence-corrected chi connectivity index (χ2v) is 6.44. The van der Waals surface area contributed by atoms with Gasteiger partial charge >= 0.3 is 0 Å². The molecule has 0 saturated carbocycles. The lowest BCUT2D eigenvalue weighted by atomic mass is 10.1. The summed E-state index contributed by atoms with van der Waals surface area (Å²) in [5.74, 6) is -0.949.